The zero-order chi connectivity index (χ0) is 18.6. The zero-order valence-electron chi connectivity index (χ0n) is 14.0. The molecule has 0 unspecified atom stereocenters. The lowest BCUT2D eigenvalue weighted by molar-refractivity contribution is -0.139. The van der Waals surface area contributed by atoms with Crippen molar-refractivity contribution in [3.8, 4) is 0 Å². The molecule has 0 aromatic heterocycles. The number of hydrogen-bond donors (Lipinski definition) is 1. The number of nitrogens with zero attached hydrogens (tertiary/aromatic N) is 2. The van der Waals surface area contributed by atoms with E-state index in [0.717, 1.165) is 0 Å². The topological polar surface area (TPSA) is 77.9 Å². The van der Waals surface area contributed by atoms with E-state index in [-0.39, 0.29) is 35.5 Å². The van der Waals surface area contributed by atoms with Gasteiger partial charge in [0.05, 0.1) is 12.3 Å². The lowest BCUT2D eigenvalue weighted by Crippen LogP contribution is -2.48. The number of halogens is 2. The lowest BCUT2D eigenvalue weighted by atomic mass is 10.0. The average Bonchev–Trinajstić information content (AvgIpc) is 2.57. The van der Waals surface area contributed by atoms with Crippen molar-refractivity contribution in [2.24, 2.45) is 0 Å². The number of carboxylic acids is 1. The van der Waals surface area contributed by atoms with Crippen molar-refractivity contribution in [1.82, 2.24) is 9.21 Å². The number of sulfonamides is 1. The smallest absolute Gasteiger partial charge is 0.317 e. The second-order valence-electron chi connectivity index (χ2n) is 6.03. The first kappa shape index (κ1) is 20.1. The lowest BCUT2D eigenvalue weighted by Gasteiger charge is -2.37. The molecule has 1 fully saturated rings. The summed E-state index contributed by atoms with van der Waals surface area (Å²) in [6, 6.07) is 4.21. The van der Waals surface area contributed by atoms with Gasteiger partial charge in [-0.1, -0.05) is 17.7 Å². The summed E-state index contributed by atoms with van der Waals surface area (Å²) in [6.07, 6.45) is 0.997. The standard InChI is InChI=1S/C16H22ClFN2O4S/c1-2-25(23,24)20-8-6-12(7-9-20)19(11-16(21)22)10-13-14(17)4-3-5-15(13)18/h3-5,12H,2,6-11H2,1H3,(H,21,22). The first-order valence-corrected chi connectivity index (χ1v) is 10.1. The molecule has 0 aliphatic carbocycles. The molecule has 9 heteroatoms. The third-order valence-corrected chi connectivity index (χ3v) is 6.69. The molecule has 1 aromatic carbocycles. The van der Waals surface area contributed by atoms with Crippen molar-refractivity contribution in [2.75, 3.05) is 25.4 Å². The number of benzene rings is 1. The van der Waals surface area contributed by atoms with Gasteiger partial charge in [0, 0.05) is 36.3 Å². The van der Waals surface area contributed by atoms with Crippen LogP contribution in [0.15, 0.2) is 18.2 Å². The quantitative estimate of drug-likeness (QED) is 0.769. The predicted octanol–water partition coefficient (Wildman–Crippen LogP) is 2.18. The van der Waals surface area contributed by atoms with Crippen LogP contribution in [0.5, 0.6) is 0 Å². The maximum atomic E-state index is 14.0. The minimum Gasteiger partial charge on any atom is -0.480 e. The van der Waals surface area contributed by atoms with Crippen molar-refractivity contribution < 1.29 is 22.7 Å². The summed E-state index contributed by atoms with van der Waals surface area (Å²) in [4.78, 5) is 12.9. The molecule has 0 atom stereocenters. The monoisotopic (exact) mass is 392 g/mol. The largest absolute Gasteiger partial charge is 0.480 e. The number of rotatable bonds is 7. The Balaban J connectivity index is 2.13. The molecule has 1 heterocycles. The van der Waals surface area contributed by atoms with Gasteiger partial charge in [-0.05, 0) is 31.9 Å². The van der Waals surface area contributed by atoms with E-state index in [1.165, 1.54) is 16.4 Å². The number of hydrogen-bond acceptors (Lipinski definition) is 4. The van der Waals surface area contributed by atoms with Gasteiger partial charge in [-0.15, -0.1) is 0 Å². The van der Waals surface area contributed by atoms with E-state index >= 15 is 0 Å². The van der Waals surface area contributed by atoms with Crippen LogP contribution in [-0.2, 0) is 21.4 Å². The minimum atomic E-state index is -3.25. The molecular formula is C16H22ClFN2O4S. The van der Waals surface area contributed by atoms with E-state index in [0.29, 0.717) is 25.9 Å². The maximum absolute atomic E-state index is 14.0. The van der Waals surface area contributed by atoms with Crippen LogP contribution in [0, 0.1) is 5.82 Å². The van der Waals surface area contributed by atoms with E-state index in [1.807, 2.05) is 0 Å². The van der Waals surface area contributed by atoms with E-state index in [1.54, 1.807) is 17.9 Å². The Kier molecular flexibility index (Phi) is 6.79. The highest BCUT2D eigenvalue weighted by atomic mass is 35.5. The zero-order valence-corrected chi connectivity index (χ0v) is 15.6. The molecule has 0 saturated carbocycles. The minimum absolute atomic E-state index is 0.0430. The SMILES string of the molecule is CCS(=O)(=O)N1CCC(N(CC(=O)O)Cc2c(F)cccc2Cl)CC1. The van der Waals surface area contributed by atoms with E-state index in [9.17, 15) is 22.7 Å². The first-order chi connectivity index (χ1) is 11.7. The van der Waals surface area contributed by atoms with Gasteiger partial charge in [0.2, 0.25) is 10.0 Å². The van der Waals surface area contributed by atoms with Gasteiger partial charge >= 0.3 is 5.97 Å². The maximum Gasteiger partial charge on any atom is 0.317 e. The molecule has 1 aromatic rings. The van der Waals surface area contributed by atoms with Crippen LogP contribution in [0.2, 0.25) is 5.02 Å². The normalized spacial score (nSPS) is 17.1. The van der Waals surface area contributed by atoms with Crippen molar-refractivity contribution in [3.63, 3.8) is 0 Å². The van der Waals surface area contributed by atoms with Crippen LogP contribution in [-0.4, -0.2) is 60.1 Å². The molecule has 1 N–H and O–H groups in total. The molecule has 25 heavy (non-hydrogen) atoms. The van der Waals surface area contributed by atoms with Crippen LogP contribution in [0.1, 0.15) is 25.3 Å². The molecule has 0 amide bonds. The summed E-state index contributed by atoms with van der Waals surface area (Å²) in [6.45, 7) is 2.08. The van der Waals surface area contributed by atoms with Crippen LogP contribution in [0.4, 0.5) is 4.39 Å². The highest BCUT2D eigenvalue weighted by Gasteiger charge is 2.31. The van der Waals surface area contributed by atoms with Crippen molar-refractivity contribution in [1.29, 1.82) is 0 Å². The highest BCUT2D eigenvalue weighted by Crippen LogP contribution is 2.25. The van der Waals surface area contributed by atoms with Crippen LogP contribution in [0.25, 0.3) is 0 Å². The molecule has 6 nitrogen and oxygen atoms in total. The molecule has 1 aliphatic rings. The number of carboxylic acid groups (broad SMARTS) is 1. The molecule has 2 rings (SSSR count). The Bertz CT molecular complexity index is 701. The highest BCUT2D eigenvalue weighted by molar-refractivity contribution is 7.89. The van der Waals surface area contributed by atoms with Crippen LogP contribution >= 0.6 is 11.6 Å². The van der Waals surface area contributed by atoms with Crippen LogP contribution in [0.3, 0.4) is 0 Å². The summed E-state index contributed by atoms with van der Waals surface area (Å²) >= 11 is 6.05. The van der Waals surface area contributed by atoms with Crippen molar-refractivity contribution >= 4 is 27.6 Å². The predicted molar refractivity (Wildman–Crippen MR) is 93.5 cm³/mol. The van der Waals surface area contributed by atoms with Gasteiger partial charge in [0.25, 0.3) is 0 Å². The van der Waals surface area contributed by atoms with Gasteiger partial charge < -0.3 is 5.11 Å². The third-order valence-electron chi connectivity index (χ3n) is 4.46. The Morgan fingerprint density at radius 3 is 2.56 bits per heavy atom. The molecule has 140 valence electrons. The number of piperidine rings is 1. The summed E-state index contributed by atoms with van der Waals surface area (Å²) in [5, 5.41) is 9.43. The Hall–Kier alpha value is -1.22. The fourth-order valence-electron chi connectivity index (χ4n) is 3.04. The summed E-state index contributed by atoms with van der Waals surface area (Å²) in [5.41, 5.74) is 0.258. The van der Waals surface area contributed by atoms with E-state index in [4.69, 9.17) is 11.6 Å². The second kappa shape index (κ2) is 8.44. The van der Waals surface area contributed by atoms with E-state index in [2.05, 4.69) is 0 Å². The number of aliphatic carboxylic acids is 1. The molecule has 0 radical (unpaired) electrons. The van der Waals surface area contributed by atoms with Gasteiger partial charge in [0.15, 0.2) is 0 Å². The van der Waals surface area contributed by atoms with Crippen molar-refractivity contribution in [3.05, 3.63) is 34.6 Å². The fourth-order valence-corrected chi connectivity index (χ4v) is 4.40. The third kappa shape index (κ3) is 5.13. The van der Waals surface area contributed by atoms with Gasteiger partial charge in [-0.3, -0.25) is 9.69 Å². The van der Waals surface area contributed by atoms with E-state index < -0.39 is 21.8 Å². The fraction of sp³-hybridized carbons (Fsp3) is 0.562. The summed E-state index contributed by atoms with van der Waals surface area (Å²) in [5.74, 6) is -1.45. The molecule has 0 bridgehead atoms. The first-order valence-electron chi connectivity index (χ1n) is 8.11. The molecule has 0 spiro atoms. The van der Waals surface area contributed by atoms with Gasteiger partial charge in [-0.2, -0.15) is 0 Å². The number of carbonyl (C=O) groups is 1. The van der Waals surface area contributed by atoms with Crippen LogP contribution < -0.4 is 0 Å². The Morgan fingerprint density at radius 2 is 2.04 bits per heavy atom. The Labute approximate surface area is 152 Å². The summed E-state index contributed by atoms with van der Waals surface area (Å²) < 4.78 is 39.3. The second-order valence-corrected chi connectivity index (χ2v) is 8.69. The van der Waals surface area contributed by atoms with Gasteiger partial charge in [-0.25, -0.2) is 17.1 Å². The Morgan fingerprint density at radius 1 is 1.40 bits per heavy atom. The summed E-state index contributed by atoms with van der Waals surface area (Å²) in [7, 11) is -3.25. The van der Waals surface area contributed by atoms with Gasteiger partial charge in [0.1, 0.15) is 5.82 Å². The molecule has 1 aliphatic heterocycles. The molecule has 1 saturated heterocycles. The molecular weight excluding hydrogens is 371 g/mol. The average molecular weight is 393 g/mol. The van der Waals surface area contributed by atoms with Crippen molar-refractivity contribution in [2.45, 2.75) is 32.4 Å².